The van der Waals surface area contributed by atoms with Crippen molar-refractivity contribution in [3.63, 3.8) is 0 Å². The van der Waals surface area contributed by atoms with Gasteiger partial charge in [0.05, 0.1) is 3.39 Å². The van der Waals surface area contributed by atoms with Gasteiger partial charge in [-0.05, 0) is 73.4 Å². The van der Waals surface area contributed by atoms with E-state index in [-0.39, 0.29) is 0 Å². The van der Waals surface area contributed by atoms with Crippen molar-refractivity contribution in [2.45, 2.75) is 33.6 Å². The van der Waals surface area contributed by atoms with E-state index in [1.807, 2.05) is 0 Å². The zero-order valence-corrected chi connectivity index (χ0v) is 13.2. The molecule has 0 amide bonds. The van der Waals surface area contributed by atoms with Crippen LogP contribution in [-0.2, 0) is 12.8 Å². The molecule has 88 valence electrons. The topological polar surface area (TPSA) is 0 Å². The van der Waals surface area contributed by atoms with Crippen LogP contribution in [0.4, 0.5) is 0 Å². The molecule has 0 radical (unpaired) electrons. The molecule has 0 nitrogen and oxygen atoms in total. The molecule has 1 aromatic carbocycles. The summed E-state index contributed by atoms with van der Waals surface area (Å²) in [6, 6.07) is 6.60. The molecule has 0 spiro atoms. The molecule has 0 N–H and O–H groups in total. The summed E-state index contributed by atoms with van der Waals surface area (Å²) in [7, 11) is 0. The smallest absolute Gasteiger partial charge is 0.0610 e. The minimum absolute atomic E-state index is 0.688. The number of hydrogen-bond donors (Lipinski definition) is 0. The molecule has 0 fully saturated rings. The fraction of sp³-hybridized carbons (Fsp3) is 0.429. The average Bonchev–Trinajstić information content (AvgIpc) is 2.19. The van der Waals surface area contributed by atoms with Gasteiger partial charge in [0.1, 0.15) is 0 Å². The van der Waals surface area contributed by atoms with Crippen LogP contribution in [0.5, 0.6) is 0 Å². The number of hydrogen-bond acceptors (Lipinski definition) is 0. The Balaban J connectivity index is 3.20. The van der Waals surface area contributed by atoms with Gasteiger partial charge >= 0.3 is 0 Å². The minimum Gasteiger partial charge on any atom is -0.0625 e. The maximum absolute atomic E-state index is 3.45. The van der Waals surface area contributed by atoms with Crippen molar-refractivity contribution in [1.29, 1.82) is 0 Å². The predicted octanol–water partition coefficient (Wildman–Crippen LogP) is 5.54. The van der Waals surface area contributed by atoms with E-state index >= 15 is 0 Å². The summed E-state index contributed by atoms with van der Waals surface area (Å²) in [4.78, 5) is 0. The standard InChI is InChI=1S/C14H18Br2/c1-4-11-6-5-7-12(8-10(2)3)13(11)9-14(15)16/h5-7,9-10H,4,8H2,1-3H3. The lowest BCUT2D eigenvalue weighted by molar-refractivity contribution is 0.646. The lowest BCUT2D eigenvalue weighted by Gasteiger charge is -2.12. The molecule has 16 heavy (non-hydrogen) atoms. The first-order valence-electron chi connectivity index (χ1n) is 5.68. The van der Waals surface area contributed by atoms with Crippen LogP contribution in [0.3, 0.4) is 0 Å². The Morgan fingerprint density at radius 3 is 2.38 bits per heavy atom. The van der Waals surface area contributed by atoms with E-state index in [1.165, 1.54) is 16.7 Å². The molecule has 0 atom stereocenters. The van der Waals surface area contributed by atoms with Crippen molar-refractivity contribution in [2.24, 2.45) is 5.92 Å². The zero-order valence-electron chi connectivity index (χ0n) is 10.1. The first-order valence-corrected chi connectivity index (χ1v) is 7.26. The SMILES string of the molecule is CCc1cccc(CC(C)C)c1C=C(Br)Br. The van der Waals surface area contributed by atoms with Crippen molar-refractivity contribution in [3.8, 4) is 0 Å². The van der Waals surface area contributed by atoms with Gasteiger partial charge in [0, 0.05) is 0 Å². The van der Waals surface area contributed by atoms with Crippen LogP contribution < -0.4 is 0 Å². The lowest BCUT2D eigenvalue weighted by atomic mass is 9.93. The van der Waals surface area contributed by atoms with Gasteiger partial charge in [-0.15, -0.1) is 0 Å². The normalized spacial score (nSPS) is 10.6. The molecule has 0 heterocycles. The van der Waals surface area contributed by atoms with E-state index in [0.29, 0.717) is 5.92 Å². The number of aryl methyl sites for hydroxylation is 1. The summed E-state index contributed by atoms with van der Waals surface area (Å²) < 4.78 is 1.01. The van der Waals surface area contributed by atoms with Crippen molar-refractivity contribution in [2.75, 3.05) is 0 Å². The van der Waals surface area contributed by atoms with Crippen LogP contribution in [0, 0.1) is 5.92 Å². The Bertz CT molecular complexity index is 374. The summed E-state index contributed by atoms with van der Waals surface area (Å²) >= 11 is 6.91. The molecule has 0 saturated carbocycles. The third kappa shape index (κ3) is 4.06. The van der Waals surface area contributed by atoms with E-state index < -0.39 is 0 Å². The highest BCUT2D eigenvalue weighted by atomic mass is 79.9. The minimum atomic E-state index is 0.688. The largest absolute Gasteiger partial charge is 0.0625 e. The van der Waals surface area contributed by atoms with E-state index in [1.54, 1.807) is 0 Å². The fourth-order valence-electron chi connectivity index (χ4n) is 1.89. The summed E-state index contributed by atoms with van der Waals surface area (Å²) in [5.41, 5.74) is 4.21. The van der Waals surface area contributed by atoms with Gasteiger partial charge in [-0.1, -0.05) is 39.0 Å². The van der Waals surface area contributed by atoms with Crippen molar-refractivity contribution < 1.29 is 0 Å². The predicted molar refractivity (Wildman–Crippen MR) is 80.2 cm³/mol. The summed E-state index contributed by atoms with van der Waals surface area (Å²) in [5.74, 6) is 0.688. The van der Waals surface area contributed by atoms with Gasteiger partial charge in [-0.25, -0.2) is 0 Å². The molecule has 2 heteroatoms. The Hall–Kier alpha value is -0.0800. The Kier molecular flexibility index (Phi) is 5.77. The highest BCUT2D eigenvalue weighted by Crippen LogP contribution is 2.25. The van der Waals surface area contributed by atoms with E-state index in [0.717, 1.165) is 16.2 Å². The fourth-order valence-corrected chi connectivity index (χ4v) is 2.34. The van der Waals surface area contributed by atoms with Crippen LogP contribution >= 0.6 is 31.9 Å². The number of halogens is 2. The van der Waals surface area contributed by atoms with Crippen LogP contribution in [0.15, 0.2) is 21.6 Å². The number of rotatable bonds is 4. The third-order valence-corrected chi connectivity index (χ3v) is 3.01. The van der Waals surface area contributed by atoms with Gasteiger partial charge in [-0.2, -0.15) is 0 Å². The Morgan fingerprint density at radius 1 is 1.25 bits per heavy atom. The maximum atomic E-state index is 3.45. The first kappa shape index (κ1) is 14.0. The Labute approximate surface area is 115 Å². The molecule has 1 aromatic rings. The highest BCUT2D eigenvalue weighted by Gasteiger charge is 2.07. The van der Waals surface area contributed by atoms with Crippen molar-refractivity contribution in [1.82, 2.24) is 0 Å². The summed E-state index contributed by atoms with van der Waals surface area (Å²) in [6.45, 7) is 6.72. The van der Waals surface area contributed by atoms with E-state index in [4.69, 9.17) is 0 Å². The molecule has 0 aromatic heterocycles. The molecular weight excluding hydrogens is 328 g/mol. The van der Waals surface area contributed by atoms with Gasteiger partial charge in [0.15, 0.2) is 0 Å². The van der Waals surface area contributed by atoms with Gasteiger partial charge in [0.25, 0.3) is 0 Å². The summed E-state index contributed by atoms with van der Waals surface area (Å²) in [6.07, 6.45) is 4.37. The lowest BCUT2D eigenvalue weighted by Crippen LogP contribution is -1.99. The van der Waals surface area contributed by atoms with E-state index in [9.17, 15) is 0 Å². The van der Waals surface area contributed by atoms with Crippen LogP contribution in [-0.4, -0.2) is 0 Å². The van der Waals surface area contributed by atoms with Gasteiger partial charge in [-0.3, -0.25) is 0 Å². The third-order valence-electron chi connectivity index (χ3n) is 2.55. The second-order valence-corrected chi connectivity index (χ2v) is 7.15. The molecular formula is C14H18Br2. The van der Waals surface area contributed by atoms with Crippen molar-refractivity contribution >= 4 is 37.9 Å². The molecule has 0 bridgehead atoms. The maximum Gasteiger partial charge on any atom is 0.0610 e. The van der Waals surface area contributed by atoms with E-state index in [2.05, 4.69) is 76.9 Å². The first-order chi connectivity index (χ1) is 7.54. The molecule has 0 aliphatic carbocycles. The van der Waals surface area contributed by atoms with Crippen LogP contribution in [0.25, 0.3) is 6.08 Å². The second kappa shape index (κ2) is 6.61. The summed E-state index contributed by atoms with van der Waals surface area (Å²) in [5, 5.41) is 0. The zero-order chi connectivity index (χ0) is 12.1. The van der Waals surface area contributed by atoms with Gasteiger partial charge < -0.3 is 0 Å². The molecule has 0 aliphatic heterocycles. The van der Waals surface area contributed by atoms with Crippen molar-refractivity contribution in [3.05, 3.63) is 38.3 Å². The quantitative estimate of drug-likeness (QED) is 0.672. The van der Waals surface area contributed by atoms with Gasteiger partial charge in [0.2, 0.25) is 0 Å². The molecule has 0 saturated heterocycles. The monoisotopic (exact) mass is 344 g/mol. The second-order valence-electron chi connectivity index (χ2n) is 4.38. The Morgan fingerprint density at radius 2 is 1.88 bits per heavy atom. The van der Waals surface area contributed by atoms with Crippen LogP contribution in [0.1, 0.15) is 37.5 Å². The van der Waals surface area contributed by atoms with Crippen LogP contribution in [0.2, 0.25) is 0 Å². The molecule has 0 aliphatic rings. The average molecular weight is 346 g/mol. The number of benzene rings is 1. The highest BCUT2D eigenvalue weighted by molar-refractivity contribution is 9.28. The molecule has 0 unspecified atom stereocenters. The molecule has 1 rings (SSSR count).